The van der Waals surface area contributed by atoms with Gasteiger partial charge in [-0.05, 0) is 12.8 Å². The van der Waals surface area contributed by atoms with Gasteiger partial charge in [0.05, 0.1) is 0 Å². The summed E-state index contributed by atoms with van der Waals surface area (Å²) in [6, 6.07) is 0. The lowest BCUT2D eigenvalue weighted by molar-refractivity contribution is 1.06. The molecule has 0 aromatic heterocycles. The van der Waals surface area contributed by atoms with E-state index in [0.29, 0.717) is 0 Å². The van der Waals surface area contributed by atoms with Gasteiger partial charge in [0, 0.05) is 6.42 Å². The van der Waals surface area contributed by atoms with Crippen LogP contribution in [0.5, 0.6) is 0 Å². The molecule has 0 spiro atoms. The molecular weight excluding hydrogens is 84.1 g/mol. The molecule has 0 aliphatic heterocycles. The maximum absolute atomic E-state index is 2.99. The first-order valence-electron chi connectivity index (χ1n) is 2.56. The quantitative estimate of drug-likeness (QED) is 0.428. The van der Waals surface area contributed by atoms with E-state index in [1.807, 2.05) is 12.2 Å². The van der Waals surface area contributed by atoms with Gasteiger partial charge in [0.25, 0.3) is 0 Å². The SMILES string of the molecule is [C]1C=CCCC=C1. The molecule has 0 saturated carbocycles. The molecule has 36 valence electrons. The van der Waals surface area contributed by atoms with Crippen molar-refractivity contribution in [1.29, 1.82) is 0 Å². The van der Waals surface area contributed by atoms with E-state index in [1.54, 1.807) is 0 Å². The van der Waals surface area contributed by atoms with Gasteiger partial charge in [-0.15, -0.1) is 0 Å². The first kappa shape index (κ1) is 4.63. The van der Waals surface area contributed by atoms with Crippen molar-refractivity contribution >= 4 is 0 Å². The predicted molar refractivity (Wildman–Crippen MR) is 30.8 cm³/mol. The van der Waals surface area contributed by atoms with Crippen LogP contribution in [0.15, 0.2) is 24.3 Å². The largest absolute Gasteiger partial charge is 0.0873 e. The van der Waals surface area contributed by atoms with Crippen molar-refractivity contribution in [3.63, 3.8) is 0 Å². The maximum Gasteiger partial charge on any atom is 0.0337 e. The first-order valence-corrected chi connectivity index (χ1v) is 2.56. The summed E-state index contributed by atoms with van der Waals surface area (Å²) in [5.41, 5.74) is 0. The van der Waals surface area contributed by atoms with Gasteiger partial charge >= 0.3 is 0 Å². The van der Waals surface area contributed by atoms with E-state index < -0.39 is 0 Å². The molecule has 1 aliphatic rings. The Bertz CT molecular complexity index is 76.2. The summed E-state index contributed by atoms with van der Waals surface area (Å²) < 4.78 is 0. The Morgan fingerprint density at radius 1 is 1.00 bits per heavy atom. The average molecular weight is 92.1 g/mol. The highest BCUT2D eigenvalue weighted by Gasteiger charge is 1.80. The second kappa shape index (κ2) is 2.62. The Hall–Kier alpha value is -0.520. The van der Waals surface area contributed by atoms with E-state index in [4.69, 9.17) is 0 Å². The molecule has 0 heteroatoms. The van der Waals surface area contributed by atoms with Crippen molar-refractivity contribution in [1.82, 2.24) is 0 Å². The second-order valence-electron chi connectivity index (χ2n) is 1.55. The highest BCUT2D eigenvalue weighted by molar-refractivity contribution is 5.11. The molecule has 0 heterocycles. The third-order valence-electron chi connectivity index (χ3n) is 0.928. The minimum Gasteiger partial charge on any atom is -0.0873 e. The predicted octanol–water partition coefficient (Wildman–Crippen LogP) is 1.97. The van der Waals surface area contributed by atoms with Gasteiger partial charge in [0.1, 0.15) is 0 Å². The van der Waals surface area contributed by atoms with Crippen LogP contribution in [0, 0.1) is 6.42 Å². The van der Waals surface area contributed by atoms with Crippen molar-refractivity contribution in [3.8, 4) is 0 Å². The molecule has 2 radical (unpaired) electrons. The van der Waals surface area contributed by atoms with E-state index >= 15 is 0 Å². The van der Waals surface area contributed by atoms with Crippen molar-refractivity contribution in [3.05, 3.63) is 30.7 Å². The fraction of sp³-hybridized carbons (Fsp3) is 0.286. The number of hydrogen-bond donors (Lipinski definition) is 0. The molecule has 0 nitrogen and oxygen atoms in total. The molecule has 0 unspecified atom stereocenters. The van der Waals surface area contributed by atoms with Crippen molar-refractivity contribution in [2.75, 3.05) is 0 Å². The van der Waals surface area contributed by atoms with Crippen molar-refractivity contribution in [2.45, 2.75) is 12.8 Å². The van der Waals surface area contributed by atoms with E-state index in [1.165, 1.54) is 12.8 Å². The number of allylic oxidation sites excluding steroid dienone is 4. The Morgan fingerprint density at radius 3 is 2.14 bits per heavy atom. The minimum atomic E-state index is 1.17. The summed E-state index contributed by atoms with van der Waals surface area (Å²) in [5, 5.41) is 0. The lowest BCUT2D eigenvalue weighted by Crippen LogP contribution is -1.56. The molecule has 0 aromatic carbocycles. The summed E-state index contributed by atoms with van der Waals surface area (Å²) >= 11 is 0. The van der Waals surface area contributed by atoms with Gasteiger partial charge in [0.2, 0.25) is 0 Å². The highest BCUT2D eigenvalue weighted by atomic mass is 13.9. The maximum atomic E-state index is 2.99. The fourth-order valence-corrected chi connectivity index (χ4v) is 0.551. The van der Waals surface area contributed by atoms with E-state index in [9.17, 15) is 0 Å². The molecule has 0 fully saturated rings. The van der Waals surface area contributed by atoms with Crippen LogP contribution in [0.1, 0.15) is 12.8 Å². The van der Waals surface area contributed by atoms with Gasteiger partial charge in [-0.25, -0.2) is 0 Å². The van der Waals surface area contributed by atoms with Gasteiger partial charge in [-0.3, -0.25) is 0 Å². The zero-order chi connectivity index (χ0) is 4.95. The van der Waals surface area contributed by atoms with Crippen molar-refractivity contribution < 1.29 is 0 Å². The lowest BCUT2D eigenvalue weighted by atomic mass is 10.3. The van der Waals surface area contributed by atoms with Gasteiger partial charge in [-0.2, -0.15) is 0 Å². The van der Waals surface area contributed by atoms with Gasteiger partial charge in [-0.1, -0.05) is 24.3 Å². The van der Waals surface area contributed by atoms with E-state index in [-0.39, 0.29) is 0 Å². The van der Waals surface area contributed by atoms with Crippen LogP contribution in [0.2, 0.25) is 0 Å². The third-order valence-corrected chi connectivity index (χ3v) is 0.928. The van der Waals surface area contributed by atoms with Crippen LogP contribution in [0.4, 0.5) is 0 Å². The average Bonchev–Trinajstić information content (AvgIpc) is 1.90. The summed E-state index contributed by atoms with van der Waals surface area (Å²) in [6.45, 7) is 0. The number of rotatable bonds is 0. The van der Waals surface area contributed by atoms with Gasteiger partial charge < -0.3 is 0 Å². The summed E-state index contributed by atoms with van der Waals surface area (Å²) in [4.78, 5) is 0. The zero-order valence-corrected chi connectivity index (χ0v) is 4.22. The molecule has 0 saturated heterocycles. The second-order valence-corrected chi connectivity index (χ2v) is 1.55. The van der Waals surface area contributed by atoms with Crippen LogP contribution in [0.3, 0.4) is 0 Å². The smallest absolute Gasteiger partial charge is 0.0337 e. The molecule has 0 aromatic rings. The molecule has 0 atom stereocenters. The summed E-state index contributed by atoms with van der Waals surface area (Å²) in [5.74, 6) is 0. The monoisotopic (exact) mass is 92.1 g/mol. The summed E-state index contributed by atoms with van der Waals surface area (Å²) in [6.07, 6.45) is 13.5. The molecule has 1 aliphatic carbocycles. The van der Waals surface area contributed by atoms with Crippen molar-refractivity contribution in [2.24, 2.45) is 0 Å². The fourth-order valence-electron chi connectivity index (χ4n) is 0.551. The first-order chi connectivity index (χ1) is 3.50. The number of hydrogen-bond acceptors (Lipinski definition) is 0. The van der Waals surface area contributed by atoms with Crippen LogP contribution in [-0.4, -0.2) is 0 Å². The molecule has 0 bridgehead atoms. The zero-order valence-electron chi connectivity index (χ0n) is 4.22. The van der Waals surface area contributed by atoms with Crippen LogP contribution >= 0.6 is 0 Å². The Labute approximate surface area is 44.5 Å². The Morgan fingerprint density at radius 2 is 1.57 bits per heavy atom. The van der Waals surface area contributed by atoms with Gasteiger partial charge in [0.15, 0.2) is 0 Å². The standard InChI is InChI=1S/C7H8/c1-2-4-6-7-5-3-1/h1-2,6-7H,3,5H2. The lowest BCUT2D eigenvalue weighted by Gasteiger charge is -1.76. The third kappa shape index (κ3) is 1.58. The minimum absolute atomic E-state index is 1.17. The molecule has 1 rings (SSSR count). The van der Waals surface area contributed by atoms with Crippen LogP contribution in [0.25, 0.3) is 0 Å². The van der Waals surface area contributed by atoms with E-state index in [0.717, 1.165) is 0 Å². The Kier molecular flexibility index (Phi) is 1.73. The molecule has 0 amide bonds. The molecule has 7 heavy (non-hydrogen) atoms. The molecular formula is C7H8. The Balaban J connectivity index is 2.38. The highest BCUT2D eigenvalue weighted by Crippen LogP contribution is 1.99. The molecule has 0 N–H and O–H groups in total. The van der Waals surface area contributed by atoms with Crippen LogP contribution < -0.4 is 0 Å². The topological polar surface area (TPSA) is 0 Å². The van der Waals surface area contributed by atoms with Crippen LogP contribution in [-0.2, 0) is 0 Å². The summed E-state index contributed by atoms with van der Waals surface area (Å²) in [7, 11) is 0. The van der Waals surface area contributed by atoms with E-state index in [2.05, 4.69) is 18.6 Å². The normalized spacial score (nSPS) is 19.4.